The Labute approximate surface area is 86.8 Å². The molecule has 2 nitrogen and oxygen atoms in total. The zero-order chi connectivity index (χ0) is 11.0. The summed E-state index contributed by atoms with van der Waals surface area (Å²) < 4.78 is 13.3. The molecule has 0 bridgehead atoms. The van der Waals surface area contributed by atoms with Crippen molar-refractivity contribution in [2.24, 2.45) is 0 Å². The van der Waals surface area contributed by atoms with E-state index >= 15 is 0 Å². The maximum Gasteiger partial charge on any atom is 0.162 e. The van der Waals surface area contributed by atoms with E-state index in [-0.39, 0.29) is 5.78 Å². The van der Waals surface area contributed by atoms with Gasteiger partial charge in [0, 0.05) is 17.1 Å². The van der Waals surface area contributed by atoms with Gasteiger partial charge in [-0.05, 0) is 37.6 Å². The van der Waals surface area contributed by atoms with E-state index in [4.69, 9.17) is 0 Å². The first-order valence-electron chi connectivity index (χ1n) is 4.65. The quantitative estimate of drug-likeness (QED) is 0.667. The summed E-state index contributed by atoms with van der Waals surface area (Å²) in [6.07, 6.45) is 1.63. The number of hydrogen-bond donors (Lipinski definition) is 0. The number of fused-ring (bicyclic) bond motifs is 1. The molecule has 0 saturated heterocycles. The summed E-state index contributed by atoms with van der Waals surface area (Å²) >= 11 is 0. The van der Waals surface area contributed by atoms with Gasteiger partial charge in [-0.2, -0.15) is 0 Å². The van der Waals surface area contributed by atoms with Crippen LogP contribution in [0.1, 0.15) is 22.8 Å². The standard InChI is InChI=1S/C12H10FNO/c1-7-3-4-14-12-10(7)5-9(13)6-11(12)8(2)15/h3-6H,1-2H3. The van der Waals surface area contributed by atoms with Crippen molar-refractivity contribution in [3.05, 3.63) is 41.3 Å². The lowest BCUT2D eigenvalue weighted by Gasteiger charge is -2.05. The number of rotatable bonds is 1. The number of carbonyl (C=O) groups excluding carboxylic acids is 1. The minimum atomic E-state index is -0.399. The molecule has 0 unspecified atom stereocenters. The number of aryl methyl sites for hydroxylation is 1. The van der Waals surface area contributed by atoms with E-state index in [9.17, 15) is 9.18 Å². The van der Waals surface area contributed by atoms with Crippen molar-refractivity contribution < 1.29 is 9.18 Å². The molecule has 2 aromatic rings. The number of nitrogens with zero attached hydrogens (tertiary/aromatic N) is 1. The molecule has 0 aliphatic rings. The Hall–Kier alpha value is -1.77. The smallest absolute Gasteiger partial charge is 0.162 e. The molecule has 1 aromatic heterocycles. The summed E-state index contributed by atoms with van der Waals surface area (Å²) in [6, 6.07) is 4.44. The Morgan fingerprint density at radius 1 is 1.40 bits per heavy atom. The SMILES string of the molecule is CC(=O)c1cc(F)cc2c(C)ccnc12. The summed E-state index contributed by atoms with van der Waals surface area (Å²) in [5.74, 6) is -0.568. The van der Waals surface area contributed by atoms with Crippen molar-refractivity contribution >= 4 is 16.7 Å². The lowest BCUT2D eigenvalue weighted by atomic mass is 10.0. The first kappa shape index (κ1) is 9.77. The van der Waals surface area contributed by atoms with Gasteiger partial charge in [-0.1, -0.05) is 0 Å². The Morgan fingerprint density at radius 2 is 2.13 bits per heavy atom. The average Bonchev–Trinajstić information content (AvgIpc) is 2.18. The molecule has 1 aromatic carbocycles. The maximum absolute atomic E-state index is 13.3. The van der Waals surface area contributed by atoms with Gasteiger partial charge in [-0.15, -0.1) is 0 Å². The fourth-order valence-electron chi connectivity index (χ4n) is 1.62. The lowest BCUT2D eigenvalue weighted by molar-refractivity contribution is 0.101. The normalized spacial score (nSPS) is 10.6. The second-order valence-corrected chi connectivity index (χ2v) is 3.53. The molecule has 0 aliphatic carbocycles. The number of pyridine rings is 1. The number of aromatic nitrogens is 1. The van der Waals surface area contributed by atoms with Crippen LogP contribution in [-0.4, -0.2) is 10.8 Å². The predicted octanol–water partition coefficient (Wildman–Crippen LogP) is 2.88. The van der Waals surface area contributed by atoms with Gasteiger partial charge in [0.05, 0.1) is 5.52 Å². The van der Waals surface area contributed by atoms with Gasteiger partial charge in [0.15, 0.2) is 5.78 Å². The van der Waals surface area contributed by atoms with Crippen LogP contribution in [0.15, 0.2) is 24.4 Å². The van der Waals surface area contributed by atoms with Crippen LogP contribution < -0.4 is 0 Å². The molecule has 3 heteroatoms. The van der Waals surface area contributed by atoms with E-state index in [2.05, 4.69) is 4.98 Å². The molecule has 0 fully saturated rings. The van der Waals surface area contributed by atoms with Crippen molar-refractivity contribution in [3.63, 3.8) is 0 Å². The zero-order valence-electron chi connectivity index (χ0n) is 8.54. The third kappa shape index (κ3) is 1.61. The van der Waals surface area contributed by atoms with Crippen molar-refractivity contribution in [2.75, 3.05) is 0 Å². The fourth-order valence-corrected chi connectivity index (χ4v) is 1.62. The van der Waals surface area contributed by atoms with Crippen LogP contribution in [0.4, 0.5) is 4.39 Å². The topological polar surface area (TPSA) is 30.0 Å². The molecule has 0 amide bonds. The van der Waals surface area contributed by atoms with Gasteiger partial charge < -0.3 is 0 Å². The summed E-state index contributed by atoms with van der Waals surface area (Å²) in [7, 11) is 0. The van der Waals surface area contributed by atoms with Crippen LogP contribution in [-0.2, 0) is 0 Å². The summed E-state index contributed by atoms with van der Waals surface area (Å²) in [5, 5.41) is 0.697. The number of hydrogen-bond acceptors (Lipinski definition) is 2. The minimum absolute atomic E-state index is 0.169. The molecule has 0 radical (unpaired) electrons. The van der Waals surface area contributed by atoms with Crippen molar-refractivity contribution in [2.45, 2.75) is 13.8 Å². The number of carbonyl (C=O) groups is 1. The molecule has 0 aliphatic heterocycles. The number of Topliss-reactive ketones (excluding diaryl/α,β-unsaturated/α-hetero) is 1. The monoisotopic (exact) mass is 203 g/mol. The highest BCUT2D eigenvalue weighted by atomic mass is 19.1. The molecule has 0 atom stereocenters. The molecule has 0 spiro atoms. The number of halogens is 1. The van der Waals surface area contributed by atoms with Crippen LogP contribution in [0, 0.1) is 12.7 Å². The second kappa shape index (κ2) is 3.42. The lowest BCUT2D eigenvalue weighted by Crippen LogP contribution is -1.97. The van der Waals surface area contributed by atoms with Crippen molar-refractivity contribution in [1.82, 2.24) is 4.98 Å². The van der Waals surface area contributed by atoms with E-state index in [1.165, 1.54) is 19.1 Å². The van der Waals surface area contributed by atoms with Gasteiger partial charge in [0.2, 0.25) is 0 Å². The van der Waals surface area contributed by atoms with Gasteiger partial charge in [-0.25, -0.2) is 4.39 Å². The van der Waals surface area contributed by atoms with Crippen LogP contribution in [0.5, 0.6) is 0 Å². The summed E-state index contributed by atoms with van der Waals surface area (Å²) in [6.45, 7) is 3.28. The summed E-state index contributed by atoms with van der Waals surface area (Å²) in [4.78, 5) is 15.4. The third-order valence-corrected chi connectivity index (χ3v) is 2.41. The van der Waals surface area contributed by atoms with Crippen LogP contribution in [0.25, 0.3) is 10.9 Å². The largest absolute Gasteiger partial charge is 0.294 e. The van der Waals surface area contributed by atoms with E-state index in [0.717, 1.165) is 5.56 Å². The van der Waals surface area contributed by atoms with Crippen LogP contribution >= 0.6 is 0 Å². The van der Waals surface area contributed by atoms with Crippen LogP contribution in [0.2, 0.25) is 0 Å². The van der Waals surface area contributed by atoms with E-state index < -0.39 is 5.82 Å². The first-order valence-corrected chi connectivity index (χ1v) is 4.65. The highest BCUT2D eigenvalue weighted by Crippen LogP contribution is 2.21. The Balaban J connectivity index is 2.92. The molecule has 15 heavy (non-hydrogen) atoms. The van der Waals surface area contributed by atoms with Gasteiger partial charge in [0.25, 0.3) is 0 Å². The predicted molar refractivity (Wildman–Crippen MR) is 56.4 cm³/mol. The molecule has 76 valence electrons. The van der Waals surface area contributed by atoms with E-state index in [1.807, 2.05) is 6.92 Å². The van der Waals surface area contributed by atoms with Gasteiger partial charge in [-0.3, -0.25) is 9.78 Å². The molecular weight excluding hydrogens is 193 g/mol. The Kier molecular flexibility index (Phi) is 2.23. The zero-order valence-corrected chi connectivity index (χ0v) is 8.54. The van der Waals surface area contributed by atoms with E-state index in [1.54, 1.807) is 12.3 Å². The molecule has 0 saturated carbocycles. The average molecular weight is 203 g/mol. The van der Waals surface area contributed by atoms with Crippen LogP contribution in [0.3, 0.4) is 0 Å². The highest BCUT2D eigenvalue weighted by Gasteiger charge is 2.10. The molecule has 1 heterocycles. The van der Waals surface area contributed by atoms with E-state index in [0.29, 0.717) is 16.5 Å². The maximum atomic E-state index is 13.3. The summed E-state index contributed by atoms with van der Waals surface area (Å²) in [5.41, 5.74) is 1.83. The first-order chi connectivity index (χ1) is 7.09. The van der Waals surface area contributed by atoms with Crippen molar-refractivity contribution in [3.8, 4) is 0 Å². The highest BCUT2D eigenvalue weighted by molar-refractivity contribution is 6.06. The second-order valence-electron chi connectivity index (χ2n) is 3.53. The molecular formula is C12H10FNO. The van der Waals surface area contributed by atoms with Gasteiger partial charge >= 0.3 is 0 Å². The fraction of sp³-hybridized carbons (Fsp3) is 0.167. The Morgan fingerprint density at radius 3 is 2.80 bits per heavy atom. The van der Waals surface area contributed by atoms with Crippen molar-refractivity contribution in [1.29, 1.82) is 0 Å². The third-order valence-electron chi connectivity index (χ3n) is 2.41. The minimum Gasteiger partial charge on any atom is -0.294 e. The molecule has 2 rings (SSSR count). The number of ketones is 1. The van der Waals surface area contributed by atoms with Gasteiger partial charge in [0.1, 0.15) is 5.82 Å². The number of benzene rings is 1. The molecule has 0 N–H and O–H groups in total. The Bertz CT molecular complexity index is 549.